The van der Waals surface area contributed by atoms with Gasteiger partial charge in [0.15, 0.2) is 0 Å². The maximum Gasteiger partial charge on any atom is 0.407 e. The summed E-state index contributed by atoms with van der Waals surface area (Å²) in [5.74, 6) is 6.85. The summed E-state index contributed by atoms with van der Waals surface area (Å²) < 4.78 is 9.26. The molecule has 2 aromatic heterocycles. The Bertz CT molecular complexity index is 1940. The number of methoxy groups -OCH3 is 2. The van der Waals surface area contributed by atoms with Crippen LogP contribution in [0.3, 0.4) is 0 Å². The molecule has 0 aliphatic carbocycles. The van der Waals surface area contributed by atoms with Gasteiger partial charge in [0.05, 0.1) is 62.3 Å². The lowest BCUT2D eigenvalue weighted by atomic mass is 10.1. The molecule has 2 aliphatic rings. The predicted molar refractivity (Wildman–Crippen MR) is 203 cm³/mol. The Kier molecular flexibility index (Phi) is 12.4. The Hall–Kier alpha value is -6.18. The summed E-state index contributed by atoms with van der Waals surface area (Å²) in [6.07, 6.45) is 2.53. The van der Waals surface area contributed by atoms with E-state index in [1.165, 1.54) is 28.1 Å². The molecule has 0 bridgehead atoms. The summed E-state index contributed by atoms with van der Waals surface area (Å²) >= 11 is 0. The molecule has 56 heavy (non-hydrogen) atoms. The predicted octanol–water partition coefficient (Wildman–Crippen LogP) is 3.40. The SMILES string of the molecule is COC(=O)N[C@H](C(=O)N1CCC[C@H]1c1ncc(-c2ccc(C#Cc3ccc(-c4cnc([C@@H]5CCCN5C(=O)[C@@H](NC(=O)OC)[C@@H](C)O)[nH]4)cc3)cc2)[nH]1)[C@@H](C)O. The summed E-state index contributed by atoms with van der Waals surface area (Å²) in [5.41, 5.74) is 4.99. The third-order valence-corrected chi connectivity index (χ3v) is 10.1. The number of aromatic nitrogens is 4. The number of aliphatic hydroxyl groups is 2. The van der Waals surface area contributed by atoms with Crippen LogP contribution in [0, 0.1) is 11.8 Å². The Morgan fingerprint density at radius 1 is 0.696 bits per heavy atom. The van der Waals surface area contributed by atoms with E-state index in [1.54, 1.807) is 22.2 Å². The molecule has 294 valence electrons. The highest BCUT2D eigenvalue weighted by Crippen LogP contribution is 2.34. The zero-order valence-corrected chi connectivity index (χ0v) is 31.6. The lowest BCUT2D eigenvalue weighted by Gasteiger charge is -2.29. The number of ether oxygens (including phenoxy) is 2. The second kappa shape index (κ2) is 17.5. The van der Waals surface area contributed by atoms with Gasteiger partial charge in [-0.3, -0.25) is 9.59 Å². The van der Waals surface area contributed by atoms with E-state index in [2.05, 4.69) is 51.9 Å². The molecule has 4 heterocycles. The maximum absolute atomic E-state index is 13.3. The van der Waals surface area contributed by atoms with Crippen molar-refractivity contribution >= 4 is 24.0 Å². The fraction of sp³-hybridized carbons (Fsp3) is 0.400. The van der Waals surface area contributed by atoms with Crippen LogP contribution in [-0.2, 0) is 19.1 Å². The second-order valence-corrected chi connectivity index (χ2v) is 13.9. The molecule has 0 unspecified atom stereocenters. The van der Waals surface area contributed by atoms with Gasteiger partial charge in [0.1, 0.15) is 23.7 Å². The number of carbonyl (C=O) groups excluding carboxylic acids is 4. The Morgan fingerprint density at radius 3 is 1.41 bits per heavy atom. The molecule has 0 radical (unpaired) electrons. The van der Waals surface area contributed by atoms with Gasteiger partial charge in [-0.1, -0.05) is 36.1 Å². The number of amides is 4. The van der Waals surface area contributed by atoms with Crippen molar-refractivity contribution in [2.24, 2.45) is 0 Å². The molecular formula is C40H46N8O8. The van der Waals surface area contributed by atoms with E-state index in [1.807, 2.05) is 48.5 Å². The number of H-pyrrole nitrogens is 2. The molecule has 4 amide bonds. The number of aliphatic hydroxyl groups excluding tert-OH is 2. The van der Waals surface area contributed by atoms with Gasteiger partial charge in [0, 0.05) is 24.2 Å². The molecule has 6 rings (SSSR count). The largest absolute Gasteiger partial charge is 0.453 e. The summed E-state index contributed by atoms with van der Waals surface area (Å²) in [6, 6.07) is 12.5. The monoisotopic (exact) mass is 766 g/mol. The first-order valence-electron chi connectivity index (χ1n) is 18.5. The molecule has 0 saturated carbocycles. The molecule has 4 aromatic rings. The fourth-order valence-corrected chi connectivity index (χ4v) is 7.05. The number of aromatic amines is 2. The molecule has 2 fully saturated rings. The van der Waals surface area contributed by atoms with Gasteiger partial charge < -0.3 is 50.1 Å². The van der Waals surface area contributed by atoms with Crippen LogP contribution in [-0.4, -0.2) is 116 Å². The van der Waals surface area contributed by atoms with Gasteiger partial charge in [-0.25, -0.2) is 19.6 Å². The van der Waals surface area contributed by atoms with Crippen molar-refractivity contribution in [2.45, 2.75) is 75.9 Å². The van der Waals surface area contributed by atoms with Gasteiger partial charge >= 0.3 is 12.2 Å². The first-order valence-corrected chi connectivity index (χ1v) is 18.5. The third kappa shape index (κ3) is 8.85. The number of likely N-dealkylation sites (tertiary alicyclic amines) is 2. The minimum atomic E-state index is -1.14. The number of hydrogen-bond donors (Lipinski definition) is 6. The van der Waals surface area contributed by atoms with E-state index in [9.17, 15) is 29.4 Å². The van der Waals surface area contributed by atoms with Crippen LogP contribution in [0.4, 0.5) is 9.59 Å². The normalized spacial score (nSPS) is 18.6. The highest BCUT2D eigenvalue weighted by Gasteiger charge is 2.39. The Labute approximate surface area is 324 Å². The maximum atomic E-state index is 13.3. The lowest BCUT2D eigenvalue weighted by molar-refractivity contribution is -0.137. The number of carbonyl (C=O) groups is 4. The first-order chi connectivity index (χ1) is 27.0. The number of alkyl carbamates (subject to hydrolysis) is 2. The average molecular weight is 767 g/mol. The average Bonchev–Trinajstić information content (AvgIpc) is 4.04. The molecule has 2 saturated heterocycles. The number of benzene rings is 2. The van der Waals surface area contributed by atoms with E-state index in [0.717, 1.165) is 46.5 Å². The highest BCUT2D eigenvalue weighted by molar-refractivity contribution is 5.87. The zero-order chi connectivity index (χ0) is 39.9. The van der Waals surface area contributed by atoms with Crippen molar-refractivity contribution in [3.63, 3.8) is 0 Å². The van der Waals surface area contributed by atoms with Crippen LogP contribution >= 0.6 is 0 Å². The standard InChI is InChI=1S/C40H46N8O8/c1-23(49)33(45-39(53)55-3)37(51)47-19-5-7-31(47)35-41-21-29(43-35)27-15-11-25(12-16-27)9-10-26-13-17-28(18-14-26)30-22-42-36(44-30)32-8-6-20-48(32)38(52)34(24(2)50)46-40(54)56-4/h11-18,21-24,31-34,49-50H,5-8,19-20H2,1-4H3,(H,41,43)(H,42,44)(H,45,53)(H,46,54)/t23-,24-,31+,32+,33+,34+/m1/s1. The molecule has 16 heteroatoms. The summed E-state index contributed by atoms with van der Waals surface area (Å²) in [4.78, 5) is 69.3. The number of hydrogen-bond acceptors (Lipinski definition) is 10. The molecular weight excluding hydrogens is 720 g/mol. The Balaban J connectivity index is 1.08. The van der Waals surface area contributed by atoms with Crippen LogP contribution in [0.2, 0.25) is 0 Å². The van der Waals surface area contributed by atoms with E-state index in [-0.39, 0.29) is 12.1 Å². The molecule has 0 spiro atoms. The van der Waals surface area contributed by atoms with Crippen LogP contribution in [0.25, 0.3) is 22.5 Å². The minimum Gasteiger partial charge on any atom is -0.453 e. The molecule has 16 nitrogen and oxygen atoms in total. The molecule has 6 atom stereocenters. The first kappa shape index (κ1) is 39.5. The van der Waals surface area contributed by atoms with Crippen molar-refractivity contribution in [1.82, 2.24) is 40.4 Å². The van der Waals surface area contributed by atoms with Gasteiger partial charge in [-0.15, -0.1) is 0 Å². The van der Waals surface area contributed by atoms with Crippen molar-refractivity contribution in [3.05, 3.63) is 83.7 Å². The van der Waals surface area contributed by atoms with Crippen LogP contribution in [0.15, 0.2) is 60.9 Å². The summed E-state index contributed by atoms with van der Waals surface area (Å²) in [7, 11) is 2.40. The van der Waals surface area contributed by atoms with Crippen LogP contribution in [0.5, 0.6) is 0 Å². The van der Waals surface area contributed by atoms with Crippen LogP contribution in [0.1, 0.15) is 74.4 Å². The van der Waals surface area contributed by atoms with E-state index in [0.29, 0.717) is 37.6 Å². The van der Waals surface area contributed by atoms with E-state index >= 15 is 0 Å². The summed E-state index contributed by atoms with van der Waals surface area (Å²) in [5, 5.41) is 25.2. The van der Waals surface area contributed by atoms with Gasteiger partial charge in [-0.05, 0) is 74.9 Å². The fourth-order valence-electron chi connectivity index (χ4n) is 7.05. The van der Waals surface area contributed by atoms with Gasteiger partial charge in [0.25, 0.3) is 0 Å². The molecule has 2 aromatic carbocycles. The topological polar surface area (TPSA) is 215 Å². The third-order valence-electron chi connectivity index (χ3n) is 10.1. The lowest BCUT2D eigenvalue weighted by Crippen LogP contribution is -2.53. The number of nitrogens with one attached hydrogen (secondary N) is 4. The van der Waals surface area contributed by atoms with Crippen molar-refractivity contribution in [1.29, 1.82) is 0 Å². The van der Waals surface area contributed by atoms with Crippen molar-refractivity contribution < 1.29 is 38.9 Å². The van der Waals surface area contributed by atoms with Crippen molar-refractivity contribution in [2.75, 3.05) is 27.3 Å². The van der Waals surface area contributed by atoms with E-state index < -0.39 is 48.3 Å². The second-order valence-electron chi connectivity index (χ2n) is 13.9. The molecule has 6 N–H and O–H groups in total. The van der Waals surface area contributed by atoms with Gasteiger partial charge in [0.2, 0.25) is 11.8 Å². The number of nitrogens with zero attached hydrogens (tertiary/aromatic N) is 4. The number of imidazole rings is 2. The quantitative estimate of drug-likeness (QED) is 0.129. The minimum absolute atomic E-state index is 0.329. The van der Waals surface area contributed by atoms with Gasteiger partial charge in [-0.2, -0.15) is 0 Å². The smallest absolute Gasteiger partial charge is 0.407 e. The molecule has 2 aliphatic heterocycles. The Morgan fingerprint density at radius 2 is 1.07 bits per heavy atom. The van der Waals surface area contributed by atoms with E-state index in [4.69, 9.17) is 0 Å². The zero-order valence-electron chi connectivity index (χ0n) is 31.6. The highest BCUT2D eigenvalue weighted by atomic mass is 16.5. The number of rotatable bonds is 10. The van der Waals surface area contributed by atoms with Crippen molar-refractivity contribution in [3.8, 4) is 34.4 Å². The van der Waals surface area contributed by atoms with Crippen LogP contribution < -0.4 is 10.6 Å². The summed E-state index contributed by atoms with van der Waals surface area (Å²) in [6.45, 7) is 3.84.